The van der Waals surface area contributed by atoms with Crippen molar-refractivity contribution in [1.82, 2.24) is 0 Å². The molecule has 0 aliphatic heterocycles. The van der Waals surface area contributed by atoms with Crippen molar-refractivity contribution in [2.45, 2.75) is 0 Å². The Hall–Kier alpha value is -1.16. The van der Waals surface area contributed by atoms with Crippen LogP contribution in [0.1, 0.15) is 0 Å². The molecule has 2 aromatic rings. The standard InChI is InChI=1S/C12H8Cl3FN2/c13-6-1-2-7(14)11(3-6)18-12-4-8(15)9(16)5-10(12)17/h1-5,18H,17H2. The zero-order valence-corrected chi connectivity index (χ0v) is 11.2. The topological polar surface area (TPSA) is 38.0 Å². The van der Waals surface area contributed by atoms with Crippen molar-refractivity contribution in [3.8, 4) is 0 Å². The average molecular weight is 306 g/mol. The molecule has 94 valence electrons. The van der Waals surface area contributed by atoms with Crippen molar-refractivity contribution >= 4 is 51.9 Å². The van der Waals surface area contributed by atoms with Gasteiger partial charge in [-0.2, -0.15) is 0 Å². The Kier molecular flexibility index (Phi) is 3.85. The minimum atomic E-state index is -0.572. The molecule has 0 radical (unpaired) electrons. The molecule has 0 aliphatic rings. The van der Waals surface area contributed by atoms with Gasteiger partial charge in [-0.15, -0.1) is 0 Å². The number of nitrogens with two attached hydrogens (primary N) is 1. The van der Waals surface area contributed by atoms with Gasteiger partial charge in [0.25, 0.3) is 0 Å². The van der Waals surface area contributed by atoms with E-state index in [0.29, 0.717) is 21.4 Å². The summed E-state index contributed by atoms with van der Waals surface area (Å²) in [5, 5.41) is 3.93. The van der Waals surface area contributed by atoms with Crippen molar-refractivity contribution < 1.29 is 4.39 Å². The summed E-state index contributed by atoms with van der Waals surface area (Å²) in [5.41, 5.74) is 6.95. The number of halogens is 4. The molecule has 0 fully saturated rings. The number of hydrogen-bond acceptors (Lipinski definition) is 2. The van der Waals surface area contributed by atoms with Crippen molar-refractivity contribution in [2.75, 3.05) is 11.1 Å². The molecule has 18 heavy (non-hydrogen) atoms. The fourth-order valence-corrected chi connectivity index (χ4v) is 1.91. The molecule has 0 atom stereocenters. The van der Waals surface area contributed by atoms with E-state index in [-0.39, 0.29) is 10.7 Å². The lowest BCUT2D eigenvalue weighted by molar-refractivity contribution is 0.629. The zero-order valence-electron chi connectivity index (χ0n) is 8.98. The van der Waals surface area contributed by atoms with Gasteiger partial charge in [-0.25, -0.2) is 4.39 Å². The van der Waals surface area contributed by atoms with E-state index in [4.69, 9.17) is 40.5 Å². The largest absolute Gasteiger partial charge is 0.397 e. The molecular formula is C12H8Cl3FN2. The molecule has 0 aromatic heterocycles. The quantitative estimate of drug-likeness (QED) is 0.756. The molecule has 0 amide bonds. The van der Waals surface area contributed by atoms with Crippen LogP contribution in [0.5, 0.6) is 0 Å². The maximum atomic E-state index is 13.2. The minimum Gasteiger partial charge on any atom is -0.397 e. The van der Waals surface area contributed by atoms with Crippen LogP contribution < -0.4 is 11.1 Å². The Morgan fingerprint density at radius 1 is 0.944 bits per heavy atom. The highest BCUT2D eigenvalue weighted by Gasteiger charge is 2.08. The van der Waals surface area contributed by atoms with Gasteiger partial charge in [0.1, 0.15) is 5.82 Å². The van der Waals surface area contributed by atoms with E-state index in [9.17, 15) is 4.39 Å². The Balaban J connectivity index is 2.40. The van der Waals surface area contributed by atoms with Crippen LogP contribution in [-0.4, -0.2) is 0 Å². The van der Waals surface area contributed by atoms with Crippen LogP contribution in [0.2, 0.25) is 15.1 Å². The van der Waals surface area contributed by atoms with Crippen LogP contribution in [0.4, 0.5) is 21.5 Å². The SMILES string of the molecule is Nc1cc(F)c(Cl)cc1Nc1cc(Cl)ccc1Cl. The predicted octanol–water partition coefficient (Wildman–Crippen LogP) is 5.11. The number of benzene rings is 2. The van der Waals surface area contributed by atoms with Gasteiger partial charge in [0.2, 0.25) is 0 Å². The molecule has 6 heteroatoms. The van der Waals surface area contributed by atoms with Crippen LogP contribution in [-0.2, 0) is 0 Å². The second-order valence-electron chi connectivity index (χ2n) is 3.60. The Bertz CT molecular complexity index is 602. The van der Waals surface area contributed by atoms with Crippen LogP contribution in [0, 0.1) is 5.82 Å². The smallest absolute Gasteiger partial charge is 0.143 e. The summed E-state index contributed by atoms with van der Waals surface area (Å²) in [6.07, 6.45) is 0. The number of anilines is 3. The van der Waals surface area contributed by atoms with Crippen molar-refractivity contribution in [2.24, 2.45) is 0 Å². The van der Waals surface area contributed by atoms with Crippen LogP contribution in [0.25, 0.3) is 0 Å². The van der Waals surface area contributed by atoms with E-state index in [0.717, 1.165) is 6.07 Å². The third-order valence-corrected chi connectivity index (χ3v) is 3.14. The first-order valence-electron chi connectivity index (χ1n) is 4.94. The average Bonchev–Trinajstić information content (AvgIpc) is 2.30. The normalized spacial score (nSPS) is 10.4. The molecule has 0 unspecified atom stereocenters. The Morgan fingerprint density at radius 2 is 1.67 bits per heavy atom. The lowest BCUT2D eigenvalue weighted by atomic mass is 10.2. The van der Waals surface area contributed by atoms with Gasteiger partial charge in [0, 0.05) is 11.1 Å². The summed E-state index contributed by atoms with van der Waals surface area (Å²) in [4.78, 5) is 0. The molecule has 0 saturated carbocycles. The monoisotopic (exact) mass is 304 g/mol. The molecular weight excluding hydrogens is 298 g/mol. The van der Waals surface area contributed by atoms with E-state index in [2.05, 4.69) is 5.32 Å². The zero-order chi connectivity index (χ0) is 13.3. The molecule has 0 heterocycles. The van der Waals surface area contributed by atoms with Crippen LogP contribution >= 0.6 is 34.8 Å². The second-order valence-corrected chi connectivity index (χ2v) is 4.85. The summed E-state index contributed by atoms with van der Waals surface area (Å²) in [7, 11) is 0. The van der Waals surface area contributed by atoms with Crippen molar-refractivity contribution in [3.05, 3.63) is 51.2 Å². The van der Waals surface area contributed by atoms with E-state index in [1.807, 2.05) is 0 Å². The molecule has 2 aromatic carbocycles. The van der Waals surface area contributed by atoms with Gasteiger partial charge in [-0.05, 0) is 24.3 Å². The molecule has 0 spiro atoms. The van der Waals surface area contributed by atoms with E-state index in [1.165, 1.54) is 6.07 Å². The third kappa shape index (κ3) is 2.80. The lowest BCUT2D eigenvalue weighted by Crippen LogP contribution is -1.98. The number of hydrogen-bond donors (Lipinski definition) is 2. The third-order valence-electron chi connectivity index (χ3n) is 2.29. The van der Waals surface area contributed by atoms with E-state index < -0.39 is 5.82 Å². The predicted molar refractivity (Wildman–Crippen MR) is 75.6 cm³/mol. The van der Waals surface area contributed by atoms with E-state index in [1.54, 1.807) is 18.2 Å². The summed E-state index contributed by atoms with van der Waals surface area (Å²) < 4.78 is 13.2. The van der Waals surface area contributed by atoms with Gasteiger partial charge in [0.15, 0.2) is 0 Å². The maximum Gasteiger partial charge on any atom is 0.143 e. The molecule has 3 N–H and O–H groups in total. The fraction of sp³-hybridized carbons (Fsp3) is 0. The Labute approximate surface area is 118 Å². The number of nitrogens with one attached hydrogen (secondary N) is 1. The highest BCUT2D eigenvalue weighted by atomic mass is 35.5. The summed E-state index contributed by atoms with van der Waals surface area (Å²) in [5.74, 6) is -0.572. The van der Waals surface area contributed by atoms with Gasteiger partial charge < -0.3 is 11.1 Å². The molecule has 0 aliphatic carbocycles. The van der Waals surface area contributed by atoms with Gasteiger partial charge in [-0.1, -0.05) is 34.8 Å². The highest BCUT2D eigenvalue weighted by molar-refractivity contribution is 6.35. The number of rotatable bonds is 2. The van der Waals surface area contributed by atoms with Crippen LogP contribution in [0.3, 0.4) is 0 Å². The van der Waals surface area contributed by atoms with Crippen LogP contribution in [0.15, 0.2) is 30.3 Å². The summed E-state index contributed by atoms with van der Waals surface area (Å²) in [6.45, 7) is 0. The van der Waals surface area contributed by atoms with Crippen molar-refractivity contribution in [1.29, 1.82) is 0 Å². The Morgan fingerprint density at radius 3 is 2.39 bits per heavy atom. The van der Waals surface area contributed by atoms with Gasteiger partial charge in [-0.3, -0.25) is 0 Å². The molecule has 0 saturated heterocycles. The first kappa shape index (κ1) is 13.3. The first-order chi connectivity index (χ1) is 8.47. The molecule has 2 rings (SSSR count). The number of nitrogen functional groups attached to an aromatic ring is 1. The lowest BCUT2D eigenvalue weighted by Gasteiger charge is -2.12. The summed E-state index contributed by atoms with van der Waals surface area (Å²) >= 11 is 17.6. The first-order valence-corrected chi connectivity index (χ1v) is 6.07. The second kappa shape index (κ2) is 5.22. The fourth-order valence-electron chi connectivity index (χ4n) is 1.41. The van der Waals surface area contributed by atoms with E-state index >= 15 is 0 Å². The van der Waals surface area contributed by atoms with Gasteiger partial charge >= 0.3 is 0 Å². The highest BCUT2D eigenvalue weighted by Crippen LogP contribution is 2.33. The molecule has 0 bridgehead atoms. The minimum absolute atomic E-state index is 0.0233. The van der Waals surface area contributed by atoms with Gasteiger partial charge in [0.05, 0.1) is 27.1 Å². The summed E-state index contributed by atoms with van der Waals surface area (Å²) in [6, 6.07) is 7.48. The molecule has 2 nitrogen and oxygen atoms in total. The van der Waals surface area contributed by atoms with Crippen molar-refractivity contribution in [3.63, 3.8) is 0 Å². The maximum absolute atomic E-state index is 13.2.